The van der Waals surface area contributed by atoms with Gasteiger partial charge in [0, 0.05) is 0 Å². The van der Waals surface area contributed by atoms with Gasteiger partial charge in [-0.1, -0.05) is 30.3 Å². The summed E-state index contributed by atoms with van der Waals surface area (Å²) in [6.45, 7) is 5.60. The van der Waals surface area contributed by atoms with Gasteiger partial charge < -0.3 is 14.6 Å². The Kier molecular flexibility index (Phi) is 4.12. The summed E-state index contributed by atoms with van der Waals surface area (Å²) >= 11 is 0. The Balaban J connectivity index is 2.06. The summed E-state index contributed by atoms with van der Waals surface area (Å²) in [4.78, 5) is 13.4. The molecule has 0 aliphatic heterocycles. The Labute approximate surface area is 111 Å². The van der Waals surface area contributed by atoms with Gasteiger partial charge in [-0.3, -0.25) is 0 Å². The molecular formula is C13H16N4O2. The van der Waals surface area contributed by atoms with Gasteiger partial charge in [0.25, 0.3) is 6.20 Å². The normalized spacial score (nSPS) is 10.2. The van der Waals surface area contributed by atoms with Crippen LogP contribution in [0.1, 0.15) is 24.2 Å². The lowest BCUT2D eigenvalue weighted by Gasteiger charge is -2.12. The van der Waals surface area contributed by atoms with Crippen LogP contribution >= 0.6 is 0 Å². The topological polar surface area (TPSA) is 64.3 Å². The quantitative estimate of drug-likeness (QED) is 0.769. The smallest absolute Gasteiger partial charge is 0.257 e. The molecule has 0 fully saturated rings. The number of aromatic nitrogens is 2. The summed E-state index contributed by atoms with van der Waals surface area (Å²) in [5, 5.41) is 9.65. The van der Waals surface area contributed by atoms with Crippen molar-refractivity contribution in [3.05, 3.63) is 47.4 Å². The second-order valence-electron chi connectivity index (χ2n) is 3.88. The fourth-order valence-electron chi connectivity index (χ4n) is 1.67. The van der Waals surface area contributed by atoms with Crippen LogP contribution in [0.2, 0.25) is 0 Å². The molecule has 1 amide bonds. The zero-order valence-electron chi connectivity index (χ0n) is 11.0. The molecule has 0 aliphatic carbocycles. The maximum atomic E-state index is 11.9. The summed E-state index contributed by atoms with van der Waals surface area (Å²) in [6.07, 6.45) is 1.59. The highest BCUT2D eigenvalue weighted by Crippen LogP contribution is 2.18. The summed E-state index contributed by atoms with van der Waals surface area (Å²) in [7, 11) is 0. The minimum atomic E-state index is -0.344. The van der Waals surface area contributed by atoms with Gasteiger partial charge in [0.05, 0.1) is 23.8 Å². The standard InChI is InChI=1S/C13H16N4O2/c1-3-16(4-2)17-10-12(19-15-17)14-13(18)11-8-6-5-7-9-11/h5-10H,3-4H2,1-2H3. The first kappa shape index (κ1) is 13.1. The molecule has 100 valence electrons. The van der Waals surface area contributed by atoms with Crippen molar-refractivity contribution in [2.45, 2.75) is 13.8 Å². The molecule has 1 heterocycles. The third-order valence-corrected chi connectivity index (χ3v) is 2.70. The molecule has 2 aromatic rings. The third kappa shape index (κ3) is 3.09. The molecule has 0 unspecified atom stereocenters. The van der Waals surface area contributed by atoms with E-state index in [9.17, 15) is 4.79 Å². The molecule has 6 nitrogen and oxygen atoms in total. The molecule has 0 saturated carbocycles. The maximum Gasteiger partial charge on any atom is 0.257 e. The molecule has 6 heteroatoms. The summed E-state index contributed by atoms with van der Waals surface area (Å²) in [5.74, 6) is -0.149. The Morgan fingerprint density at radius 1 is 1.32 bits per heavy atom. The Morgan fingerprint density at radius 3 is 2.63 bits per heavy atom. The van der Waals surface area contributed by atoms with Crippen molar-refractivity contribution in [2.24, 2.45) is 0 Å². The molecule has 0 saturated heterocycles. The van der Waals surface area contributed by atoms with Crippen molar-refractivity contribution < 1.29 is 14.1 Å². The van der Waals surface area contributed by atoms with Crippen LogP contribution in [0.3, 0.4) is 0 Å². The van der Waals surface area contributed by atoms with E-state index in [4.69, 9.17) is 4.52 Å². The molecule has 1 aromatic carbocycles. The lowest BCUT2D eigenvalue weighted by molar-refractivity contribution is -0.758. The summed E-state index contributed by atoms with van der Waals surface area (Å²) in [6, 6.07) is 8.85. The SMILES string of the molecule is CCN(CC)[n+]1cc([N-]C(=O)c2ccccc2)on1. The van der Waals surface area contributed by atoms with Crippen LogP contribution in [0.4, 0.5) is 5.88 Å². The first-order valence-electron chi connectivity index (χ1n) is 6.19. The molecular weight excluding hydrogens is 244 g/mol. The number of carbonyl (C=O) groups excluding carboxylic acids is 1. The predicted octanol–water partition coefficient (Wildman–Crippen LogP) is 1.79. The van der Waals surface area contributed by atoms with E-state index in [1.165, 1.54) is 0 Å². The van der Waals surface area contributed by atoms with Crippen LogP contribution < -0.4 is 9.80 Å². The molecule has 0 bridgehead atoms. The van der Waals surface area contributed by atoms with Crippen molar-refractivity contribution in [1.29, 1.82) is 0 Å². The molecule has 0 spiro atoms. The Morgan fingerprint density at radius 2 is 2.00 bits per heavy atom. The molecule has 2 rings (SSSR count). The van der Waals surface area contributed by atoms with Crippen molar-refractivity contribution >= 4 is 11.8 Å². The van der Waals surface area contributed by atoms with Crippen LogP contribution in [-0.2, 0) is 0 Å². The zero-order chi connectivity index (χ0) is 13.7. The minimum Gasteiger partial charge on any atom is -0.584 e. The van der Waals surface area contributed by atoms with Gasteiger partial charge in [-0.2, -0.15) is 5.01 Å². The molecule has 0 atom stereocenters. The first-order chi connectivity index (χ1) is 9.24. The highest BCUT2D eigenvalue weighted by molar-refractivity contribution is 6.07. The second-order valence-corrected chi connectivity index (χ2v) is 3.88. The predicted molar refractivity (Wildman–Crippen MR) is 69.8 cm³/mol. The van der Waals surface area contributed by atoms with E-state index in [0.29, 0.717) is 5.56 Å². The number of hydrogen-bond acceptors (Lipinski definition) is 4. The van der Waals surface area contributed by atoms with E-state index in [1.807, 2.05) is 24.9 Å². The lowest BCUT2D eigenvalue weighted by atomic mass is 10.2. The third-order valence-electron chi connectivity index (χ3n) is 2.70. The first-order valence-corrected chi connectivity index (χ1v) is 6.19. The monoisotopic (exact) mass is 260 g/mol. The van der Waals surface area contributed by atoms with Gasteiger partial charge in [-0.05, 0) is 19.4 Å². The molecule has 0 radical (unpaired) electrons. The highest BCUT2D eigenvalue weighted by atomic mass is 16.5. The largest absolute Gasteiger partial charge is 0.584 e. The van der Waals surface area contributed by atoms with E-state index in [2.05, 4.69) is 10.6 Å². The van der Waals surface area contributed by atoms with Crippen molar-refractivity contribution in [3.8, 4) is 0 Å². The van der Waals surface area contributed by atoms with Crippen LogP contribution in [0.25, 0.3) is 5.32 Å². The van der Waals surface area contributed by atoms with Crippen LogP contribution in [-0.4, -0.2) is 24.3 Å². The summed E-state index contributed by atoms with van der Waals surface area (Å²) in [5.41, 5.74) is 0.522. The second kappa shape index (κ2) is 5.99. The van der Waals surface area contributed by atoms with Crippen LogP contribution in [0.5, 0.6) is 0 Å². The Hall–Kier alpha value is -2.37. The van der Waals surface area contributed by atoms with E-state index in [-0.39, 0.29) is 11.8 Å². The minimum absolute atomic E-state index is 0.195. The number of amides is 1. The molecule has 1 aromatic heterocycles. The van der Waals surface area contributed by atoms with E-state index < -0.39 is 0 Å². The van der Waals surface area contributed by atoms with Gasteiger partial charge in [0.1, 0.15) is 5.88 Å². The van der Waals surface area contributed by atoms with E-state index in [1.54, 1.807) is 35.3 Å². The number of benzene rings is 1. The van der Waals surface area contributed by atoms with Gasteiger partial charge in [0.15, 0.2) is 0 Å². The number of hydrogen-bond donors (Lipinski definition) is 0. The lowest BCUT2D eigenvalue weighted by Crippen LogP contribution is -2.58. The van der Waals surface area contributed by atoms with Gasteiger partial charge in [-0.15, -0.1) is 0 Å². The van der Waals surface area contributed by atoms with Gasteiger partial charge in [0.2, 0.25) is 5.27 Å². The van der Waals surface area contributed by atoms with E-state index in [0.717, 1.165) is 13.1 Å². The van der Waals surface area contributed by atoms with E-state index >= 15 is 0 Å². The van der Waals surface area contributed by atoms with Crippen LogP contribution in [0, 0.1) is 0 Å². The highest BCUT2D eigenvalue weighted by Gasteiger charge is 2.14. The average molecular weight is 260 g/mol. The molecule has 0 N–H and O–H groups in total. The summed E-state index contributed by atoms with van der Waals surface area (Å²) < 4.78 is 5.03. The molecule has 19 heavy (non-hydrogen) atoms. The maximum absolute atomic E-state index is 11.9. The number of nitrogens with zero attached hydrogens (tertiary/aromatic N) is 4. The number of rotatable bonds is 5. The van der Waals surface area contributed by atoms with Gasteiger partial charge in [-0.25, -0.2) is 0 Å². The molecule has 0 aliphatic rings. The van der Waals surface area contributed by atoms with Crippen molar-refractivity contribution in [3.63, 3.8) is 0 Å². The van der Waals surface area contributed by atoms with Crippen LogP contribution in [0.15, 0.2) is 41.1 Å². The van der Waals surface area contributed by atoms with Gasteiger partial charge >= 0.3 is 0 Å². The van der Waals surface area contributed by atoms with Crippen molar-refractivity contribution in [1.82, 2.24) is 5.27 Å². The fourth-order valence-corrected chi connectivity index (χ4v) is 1.67. The fraction of sp³-hybridized carbons (Fsp3) is 0.308. The average Bonchev–Trinajstić information content (AvgIpc) is 2.89. The number of carbonyl (C=O) groups is 1. The Bertz CT molecular complexity index is 535. The van der Waals surface area contributed by atoms with Crippen molar-refractivity contribution in [2.75, 3.05) is 18.1 Å². The zero-order valence-corrected chi connectivity index (χ0v) is 11.0.